The molecule has 0 radical (unpaired) electrons. The lowest BCUT2D eigenvalue weighted by Crippen LogP contribution is -2.26. The van der Waals surface area contributed by atoms with E-state index in [4.69, 9.17) is 14.6 Å². The fraction of sp³-hybridized carbons (Fsp3) is 0.364. The highest BCUT2D eigenvalue weighted by Crippen LogP contribution is 2.22. The van der Waals surface area contributed by atoms with Crippen molar-refractivity contribution < 1.29 is 24.2 Å². The molecule has 0 saturated carbocycles. The third kappa shape index (κ3) is 7.31. The number of nitrogens with one attached hydrogen (secondary N) is 1. The lowest BCUT2D eigenvalue weighted by molar-refractivity contribution is -0.138. The summed E-state index contributed by atoms with van der Waals surface area (Å²) < 4.78 is 11.5. The van der Waals surface area contributed by atoms with E-state index < -0.39 is 5.97 Å². The molecule has 0 aromatic heterocycles. The van der Waals surface area contributed by atoms with E-state index in [0.29, 0.717) is 26.2 Å². The van der Waals surface area contributed by atoms with E-state index in [2.05, 4.69) is 5.32 Å². The Morgan fingerprint density at radius 2 is 1.57 bits per heavy atom. The lowest BCUT2D eigenvalue weighted by atomic mass is 10.1. The molecule has 2 N–H and O–H groups in total. The van der Waals surface area contributed by atoms with Crippen molar-refractivity contribution in [2.24, 2.45) is 0 Å². The normalized spacial score (nSPS) is 10.4. The molecule has 0 atom stereocenters. The maximum Gasteiger partial charge on any atom is 0.303 e. The van der Waals surface area contributed by atoms with Gasteiger partial charge in [-0.15, -0.1) is 0 Å². The monoisotopic (exact) mass is 385 g/mol. The molecule has 0 aliphatic rings. The van der Waals surface area contributed by atoms with E-state index in [1.807, 2.05) is 56.3 Å². The zero-order valence-corrected chi connectivity index (χ0v) is 16.4. The molecule has 2 rings (SSSR count). The van der Waals surface area contributed by atoms with Crippen LogP contribution < -0.4 is 14.8 Å². The van der Waals surface area contributed by atoms with Crippen molar-refractivity contribution in [2.45, 2.75) is 33.1 Å². The second-order valence-corrected chi connectivity index (χ2v) is 6.56. The summed E-state index contributed by atoms with van der Waals surface area (Å²) in [5.41, 5.74) is 3.29. The second kappa shape index (κ2) is 11.0. The van der Waals surface area contributed by atoms with Gasteiger partial charge in [-0.05, 0) is 49.1 Å². The SMILES string of the molecule is Cc1cccc(C)c1OCCOc1ccc(CCNC(=O)CCC(=O)O)cc1. The topological polar surface area (TPSA) is 84.9 Å². The van der Waals surface area contributed by atoms with Crippen LogP contribution in [0, 0.1) is 13.8 Å². The first-order chi connectivity index (χ1) is 13.5. The summed E-state index contributed by atoms with van der Waals surface area (Å²) >= 11 is 0. The predicted octanol–water partition coefficient (Wildman–Crippen LogP) is 3.28. The number of carboxylic acids is 1. The van der Waals surface area contributed by atoms with Crippen LogP contribution in [0.25, 0.3) is 0 Å². The van der Waals surface area contributed by atoms with Crippen molar-refractivity contribution in [2.75, 3.05) is 19.8 Å². The summed E-state index contributed by atoms with van der Waals surface area (Å²) in [6.07, 6.45) is 0.534. The molecule has 0 unspecified atom stereocenters. The number of amides is 1. The lowest BCUT2D eigenvalue weighted by Gasteiger charge is -2.12. The van der Waals surface area contributed by atoms with Crippen LogP contribution >= 0.6 is 0 Å². The van der Waals surface area contributed by atoms with Gasteiger partial charge in [-0.25, -0.2) is 0 Å². The summed E-state index contributed by atoms with van der Waals surface area (Å²) in [6, 6.07) is 13.7. The number of para-hydroxylation sites is 1. The van der Waals surface area contributed by atoms with Gasteiger partial charge >= 0.3 is 5.97 Å². The van der Waals surface area contributed by atoms with Gasteiger partial charge in [0.05, 0.1) is 6.42 Å². The van der Waals surface area contributed by atoms with Crippen LogP contribution in [0.2, 0.25) is 0 Å². The Hall–Kier alpha value is -3.02. The maximum absolute atomic E-state index is 11.5. The molecule has 150 valence electrons. The molecular weight excluding hydrogens is 358 g/mol. The maximum atomic E-state index is 11.5. The van der Waals surface area contributed by atoms with Gasteiger partial charge in [0.15, 0.2) is 0 Å². The van der Waals surface area contributed by atoms with Gasteiger partial charge in [0.25, 0.3) is 0 Å². The third-order valence-electron chi connectivity index (χ3n) is 4.23. The first-order valence-electron chi connectivity index (χ1n) is 9.35. The zero-order chi connectivity index (χ0) is 20.4. The van der Waals surface area contributed by atoms with Crippen molar-refractivity contribution in [3.05, 3.63) is 59.2 Å². The van der Waals surface area contributed by atoms with E-state index in [1.165, 1.54) is 0 Å². The molecule has 2 aromatic rings. The van der Waals surface area contributed by atoms with E-state index >= 15 is 0 Å². The Balaban J connectivity index is 1.67. The highest BCUT2D eigenvalue weighted by atomic mass is 16.5. The summed E-state index contributed by atoms with van der Waals surface area (Å²) in [6.45, 7) is 5.44. The highest BCUT2D eigenvalue weighted by molar-refractivity contribution is 5.80. The van der Waals surface area contributed by atoms with Crippen LogP contribution in [0.1, 0.15) is 29.5 Å². The molecule has 28 heavy (non-hydrogen) atoms. The molecule has 0 aliphatic heterocycles. The van der Waals surface area contributed by atoms with Crippen molar-refractivity contribution in [1.82, 2.24) is 5.32 Å². The number of hydrogen-bond donors (Lipinski definition) is 2. The fourth-order valence-electron chi connectivity index (χ4n) is 2.74. The van der Waals surface area contributed by atoms with Gasteiger partial charge in [-0.1, -0.05) is 30.3 Å². The van der Waals surface area contributed by atoms with Crippen molar-refractivity contribution in [3.8, 4) is 11.5 Å². The van der Waals surface area contributed by atoms with Gasteiger partial charge < -0.3 is 19.9 Å². The average molecular weight is 385 g/mol. The Kier molecular flexibility index (Phi) is 8.34. The molecule has 1 amide bonds. The minimum Gasteiger partial charge on any atom is -0.490 e. The number of carboxylic acid groups (broad SMARTS) is 1. The largest absolute Gasteiger partial charge is 0.490 e. The molecule has 0 aliphatic carbocycles. The van der Waals surface area contributed by atoms with E-state index in [-0.39, 0.29) is 18.7 Å². The number of aliphatic carboxylic acids is 1. The number of aryl methyl sites for hydroxylation is 2. The molecular formula is C22H27NO5. The number of carbonyl (C=O) groups excluding carboxylic acids is 1. The molecule has 6 nitrogen and oxygen atoms in total. The molecule has 0 fully saturated rings. The summed E-state index contributed by atoms with van der Waals surface area (Å²) in [5, 5.41) is 11.3. The molecule has 6 heteroatoms. The number of ether oxygens (including phenoxy) is 2. The Morgan fingerprint density at radius 3 is 2.21 bits per heavy atom. The zero-order valence-electron chi connectivity index (χ0n) is 16.4. The first kappa shape index (κ1) is 21.3. The quantitative estimate of drug-likeness (QED) is 0.580. The van der Waals surface area contributed by atoms with Gasteiger partial charge in [-0.2, -0.15) is 0 Å². The molecule has 0 spiro atoms. The highest BCUT2D eigenvalue weighted by Gasteiger charge is 2.05. The van der Waals surface area contributed by atoms with Crippen LogP contribution in [0.5, 0.6) is 11.5 Å². The van der Waals surface area contributed by atoms with Gasteiger partial charge in [-0.3, -0.25) is 9.59 Å². The van der Waals surface area contributed by atoms with Gasteiger partial charge in [0.1, 0.15) is 24.7 Å². The smallest absolute Gasteiger partial charge is 0.303 e. The van der Waals surface area contributed by atoms with Crippen LogP contribution in [0.4, 0.5) is 0 Å². The Morgan fingerprint density at radius 1 is 0.929 bits per heavy atom. The van der Waals surface area contributed by atoms with Gasteiger partial charge in [0.2, 0.25) is 5.91 Å². The van der Waals surface area contributed by atoms with E-state index in [0.717, 1.165) is 28.2 Å². The second-order valence-electron chi connectivity index (χ2n) is 6.56. The minimum absolute atomic E-state index is 0.00616. The average Bonchev–Trinajstić information content (AvgIpc) is 2.66. The van der Waals surface area contributed by atoms with E-state index in [9.17, 15) is 9.59 Å². The molecule has 0 heterocycles. The van der Waals surface area contributed by atoms with Crippen LogP contribution in [-0.4, -0.2) is 36.7 Å². The standard InChI is InChI=1S/C22H27NO5/c1-16-4-3-5-17(2)22(16)28-15-14-27-19-8-6-18(7-9-19)12-13-23-20(24)10-11-21(25)26/h3-9H,10-15H2,1-2H3,(H,23,24)(H,25,26). The first-order valence-corrected chi connectivity index (χ1v) is 9.35. The summed E-state index contributed by atoms with van der Waals surface area (Å²) in [5.74, 6) is 0.461. The number of rotatable bonds is 11. The molecule has 0 bridgehead atoms. The molecule has 2 aromatic carbocycles. The molecule has 0 saturated heterocycles. The summed E-state index contributed by atoms with van der Waals surface area (Å²) in [7, 11) is 0. The Labute approximate surface area is 165 Å². The van der Waals surface area contributed by atoms with Crippen LogP contribution in [0.15, 0.2) is 42.5 Å². The predicted molar refractivity (Wildman–Crippen MR) is 107 cm³/mol. The van der Waals surface area contributed by atoms with Crippen LogP contribution in [0.3, 0.4) is 0 Å². The van der Waals surface area contributed by atoms with Gasteiger partial charge in [0, 0.05) is 13.0 Å². The van der Waals surface area contributed by atoms with Crippen molar-refractivity contribution in [1.29, 1.82) is 0 Å². The number of benzene rings is 2. The summed E-state index contributed by atoms with van der Waals surface area (Å²) in [4.78, 5) is 21.9. The fourth-order valence-corrected chi connectivity index (χ4v) is 2.74. The third-order valence-corrected chi connectivity index (χ3v) is 4.23. The number of carbonyl (C=O) groups is 2. The van der Waals surface area contributed by atoms with Crippen molar-refractivity contribution in [3.63, 3.8) is 0 Å². The number of hydrogen-bond acceptors (Lipinski definition) is 4. The van der Waals surface area contributed by atoms with Crippen molar-refractivity contribution >= 4 is 11.9 Å². The Bertz CT molecular complexity index is 766. The minimum atomic E-state index is -0.967. The van der Waals surface area contributed by atoms with Crippen LogP contribution in [-0.2, 0) is 16.0 Å². The van der Waals surface area contributed by atoms with E-state index in [1.54, 1.807) is 0 Å².